The van der Waals surface area contributed by atoms with Gasteiger partial charge in [0, 0.05) is 6.42 Å². The van der Waals surface area contributed by atoms with Crippen LogP contribution in [-0.2, 0) is 4.79 Å². The fourth-order valence-corrected chi connectivity index (χ4v) is 3.22. The molecule has 0 atom stereocenters. The molecule has 1 fully saturated rings. The molecule has 1 aliphatic rings. The van der Waals surface area contributed by atoms with Gasteiger partial charge in [0.1, 0.15) is 0 Å². The second-order valence-electron chi connectivity index (χ2n) is 4.05. The van der Waals surface area contributed by atoms with Crippen molar-refractivity contribution < 1.29 is 4.79 Å². The molecule has 0 bridgehead atoms. The molecule has 1 saturated heterocycles. The predicted molar refractivity (Wildman–Crippen MR) is 70.9 cm³/mol. The third-order valence-corrected chi connectivity index (χ3v) is 4.31. The zero-order chi connectivity index (χ0) is 11.4. The van der Waals surface area contributed by atoms with Crippen LogP contribution in [0.15, 0.2) is 15.9 Å². The summed E-state index contributed by atoms with van der Waals surface area (Å²) in [5.41, 5.74) is 0. The fourth-order valence-electron chi connectivity index (χ4n) is 1.92. The van der Waals surface area contributed by atoms with Crippen LogP contribution in [0.25, 0.3) is 0 Å². The van der Waals surface area contributed by atoms with E-state index in [9.17, 15) is 4.79 Å². The van der Waals surface area contributed by atoms with Crippen LogP contribution in [0.1, 0.15) is 19.3 Å². The van der Waals surface area contributed by atoms with E-state index in [0.717, 1.165) is 34.7 Å². The first-order valence-electron chi connectivity index (χ1n) is 5.50. The molecule has 88 valence electrons. The van der Waals surface area contributed by atoms with Gasteiger partial charge < -0.3 is 10.6 Å². The number of halogens is 1. The van der Waals surface area contributed by atoms with E-state index in [1.807, 2.05) is 12.1 Å². The molecule has 1 aromatic rings. The van der Waals surface area contributed by atoms with E-state index < -0.39 is 0 Å². The van der Waals surface area contributed by atoms with E-state index in [4.69, 9.17) is 0 Å². The van der Waals surface area contributed by atoms with Crippen LogP contribution in [0.2, 0.25) is 0 Å². The van der Waals surface area contributed by atoms with Gasteiger partial charge in [0.2, 0.25) is 5.91 Å². The maximum Gasteiger partial charge on any atom is 0.225 e. The highest BCUT2D eigenvalue weighted by Crippen LogP contribution is 2.27. The Hall–Kier alpha value is -0.390. The predicted octanol–water partition coefficient (Wildman–Crippen LogP) is 2.84. The summed E-state index contributed by atoms with van der Waals surface area (Å²) in [6.45, 7) is 2.09. The molecule has 0 aromatic carbocycles. The number of hydrogen-bond donors (Lipinski definition) is 2. The van der Waals surface area contributed by atoms with Crippen LogP contribution in [0.4, 0.5) is 5.00 Å². The maximum atomic E-state index is 11.7. The molecule has 2 rings (SSSR count). The zero-order valence-corrected chi connectivity index (χ0v) is 11.4. The van der Waals surface area contributed by atoms with Gasteiger partial charge in [-0.25, -0.2) is 0 Å². The van der Waals surface area contributed by atoms with Crippen molar-refractivity contribution in [3.8, 4) is 0 Å². The third kappa shape index (κ3) is 3.57. The van der Waals surface area contributed by atoms with E-state index in [1.165, 1.54) is 0 Å². The number of thiophene rings is 1. The third-order valence-electron chi connectivity index (χ3n) is 2.77. The molecule has 1 aliphatic heterocycles. The Kier molecular flexibility index (Phi) is 4.37. The normalized spacial score (nSPS) is 17.3. The second-order valence-corrected chi connectivity index (χ2v) is 6.51. The van der Waals surface area contributed by atoms with E-state index >= 15 is 0 Å². The SMILES string of the molecule is O=C(CC1CCNCC1)Nc1ccc(Br)s1. The van der Waals surface area contributed by atoms with Gasteiger partial charge in [-0.1, -0.05) is 0 Å². The van der Waals surface area contributed by atoms with Crippen LogP contribution in [0.3, 0.4) is 0 Å². The first-order valence-corrected chi connectivity index (χ1v) is 7.11. The lowest BCUT2D eigenvalue weighted by molar-refractivity contribution is -0.117. The standard InChI is InChI=1S/C11H15BrN2OS/c12-9-1-2-11(16-9)14-10(15)7-8-3-5-13-6-4-8/h1-2,8,13H,3-7H2,(H,14,15). The quantitative estimate of drug-likeness (QED) is 0.901. The molecule has 0 saturated carbocycles. The summed E-state index contributed by atoms with van der Waals surface area (Å²) in [6, 6.07) is 3.87. The number of hydrogen-bond acceptors (Lipinski definition) is 3. The summed E-state index contributed by atoms with van der Waals surface area (Å²) in [5.74, 6) is 0.686. The Morgan fingerprint density at radius 1 is 1.50 bits per heavy atom. The largest absolute Gasteiger partial charge is 0.318 e. The number of amides is 1. The molecule has 2 N–H and O–H groups in total. The van der Waals surface area contributed by atoms with Crippen LogP contribution >= 0.6 is 27.3 Å². The van der Waals surface area contributed by atoms with Crippen molar-refractivity contribution in [1.82, 2.24) is 5.32 Å². The van der Waals surface area contributed by atoms with Gasteiger partial charge in [0.15, 0.2) is 0 Å². The van der Waals surface area contributed by atoms with Crippen LogP contribution in [0.5, 0.6) is 0 Å². The molecule has 16 heavy (non-hydrogen) atoms. The van der Waals surface area contributed by atoms with Crippen molar-refractivity contribution in [2.24, 2.45) is 5.92 Å². The number of rotatable bonds is 3. The van der Waals surface area contributed by atoms with Crippen molar-refractivity contribution in [2.75, 3.05) is 18.4 Å². The first-order chi connectivity index (χ1) is 7.74. The van der Waals surface area contributed by atoms with Crippen LogP contribution < -0.4 is 10.6 Å². The average Bonchev–Trinajstić information content (AvgIpc) is 2.65. The van der Waals surface area contributed by atoms with Gasteiger partial charge in [-0.15, -0.1) is 11.3 Å². The molecule has 0 aliphatic carbocycles. The minimum absolute atomic E-state index is 0.140. The van der Waals surface area contributed by atoms with Gasteiger partial charge in [-0.3, -0.25) is 4.79 Å². The molecule has 2 heterocycles. The summed E-state index contributed by atoms with van der Waals surface area (Å²) in [5, 5.41) is 7.17. The molecule has 0 radical (unpaired) electrons. The maximum absolute atomic E-state index is 11.7. The molecule has 1 aromatic heterocycles. The number of carbonyl (C=O) groups excluding carboxylic acids is 1. The highest BCUT2D eigenvalue weighted by atomic mass is 79.9. The molecule has 3 nitrogen and oxygen atoms in total. The van der Waals surface area contributed by atoms with Crippen LogP contribution in [0, 0.1) is 5.92 Å². The average molecular weight is 303 g/mol. The van der Waals surface area contributed by atoms with Gasteiger partial charge >= 0.3 is 0 Å². The van der Waals surface area contributed by atoms with E-state index in [-0.39, 0.29) is 5.91 Å². The lowest BCUT2D eigenvalue weighted by Gasteiger charge is -2.21. The molecular formula is C11H15BrN2OS. The number of anilines is 1. The van der Waals surface area contributed by atoms with Crippen molar-refractivity contribution in [3.63, 3.8) is 0 Å². The van der Waals surface area contributed by atoms with Crippen molar-refractivity contribution in [1.29, 1.82) is 0 Å². The summed E-state index contributed by atoms with van der Waals surface area (Å²) in [7, 11) is 0. The van der Waals surface area contributed by atoms with Crippen molar-refractivity contribution in [3.05, 3.63) is 15.9 Å². The lowest BCUT2D eigenvalue weighted by Crippen LogP contribution is -2.29. The van der Waals surface area contributed by atoms with Crippen LogP contribution in [-0.4, -0.2) is 19.0 Å². The summed E-state index contributed by atoms with van der Waals surface area (Å²) in [6.07, 6.45) is 2.88. The minimum Gasteiger partial charge on any atom is -0.318 e. The lowest BCUT2D eigenvalue weighted by atomic mass is 9.94. The summed E-state index contributed by atoms with van der Waals surface area (Å²) >= 11 is 4.93. The Labute approximate surface area is 108 Å². The number of piperidine rings is 1. The Morgan fingerprint density at radius 2 is 2.25 bits per heavy atom. The number of carbonyl (C=O) groups is 1. The zero-order valence-electron chi connectivity index (χ0n) is 8.96. The Morgan fingerprint density at radius 3 is 2.88 bits per heavy atom. The molecule has 0 spiro atoms. The molecule has 1 amide bonds. The highest BCUT2D eigenvalue weighted by molar-refractivity contribution is 9.11. The topological polar surface area (TPSA) is 41.1 Å². The molecular weight excluding hydrogens is 288 g/mol. The van der Waals surface area contributed by atoms with E-state index in [2.05, 4.69) is 26.6 Å². The van der Waals surface area contributed by atoms with Gasteiger partial charge in [0.05, 0.1) is 8.79 Å². The van der Waals surface area contributed by atoms with E-state index in [1.54, 1.807) is 11.3 Å². The monoisotopic (exact) mass is 302 g/mol. The smallest absolute Gasteiger partial charge is 0.225 e. The summed E-state index contributed by atoms with van der Waals surface area (Å²) < 4.78 is 1.05. The van der Waals surface area contributed by atoms with E-state index in [0.29, 0.717) is 12.3 Å². The van der Waals surface area contributed by atoms with Gasteiger partial charge in [0.25, 0.3) is 0 Å². The number of nitrogens with one attached hydrogen (secondary N) is 2. The molecule has 5 heteroatoms. The van der Waals surface area contributed by atoms with Crippen molar-refractivity contribution >= 4 is 38.2 Å². The highest BCUT2D eigenvalue weighted by Gasteiger charge is 2.16. The minimum atomic E-state index is 0.140. The van der Waals surface area contributed by atoms with Gasteiger partial charge in [-0.2, -0.15) is 0 Å². The summed E-state index contributed by atoms with van der Waals surface area (Å²) in [4.78, 5) is 11.7. The second kappa shape index (κ2) is 5.80. The Balaban J connectivity index is 1.79. The van der Waals surface area contributed by atoms with Gasteiger partial charge in [-0.05, 0) is 59.9 Å². The van der Waals surface area contributed by atoms with Crippen molar-refractivity contribution in [2.45, 2.75) is 19.3 Å². The Bertz CT molecular complexity index is 361. The fraction of sp³-hybridized carbons (Fsp3) is 0.545. The first kappa shape index (κ1) is 12.1. The molecule has 0 unspecified atom stereocenters.